The number of aromatic nitrogens is 5. The minimum absolute atomic E-state index is 0.0318. The van der Waals surface area contributed by atoms with Gasteiger partial charge in [-0.2, -0.15) is 18.3 Å². The van der Waals surface area contributed by atoms with Crippen molar-refractivity contribution in [2.45, 2.75) is 26.1 Å². The van der Waals surface area contributed by atoms with E-state index in [0.29, 0.717) is 12.1 Å². The highest BCUT2D eigenvalue weighted by Gasteiger charge is 2.36. The SMILES string of the molecule is CCNC(=O)CCn1cc(C(=O)Nc2ccc(-n3nc(-c4cccnc4)cc3C(F)(F)F)cn2)ccc1=O. The quantitative estimate of drug-likeness (QED) is 0.364. The van der Waals surface area contributed by atoms with Gasteiger partial charge in [0.2, 0.25) is 5.91 Å². The van der Waals surface area contributed by atoms with Crippen molar-refractivity contribution in [2.75, 3.05) is 11.9 Å². The molecule has 38 heavy (non-hydrogen) atoms. The van der Waals surface area contributed by atoms with Gasteiger partial charge in [-0.05, 0) is 43.3 Å². The number of halogens is 3. The summed E-state index contributed by atoms with van der Waals surface area (Å²) in [5.74, 6) is -0.741. The number of pyridine rings is 3. The van der Waals surface area contributed by atoms with E-state index in [0.717, 1.165) is 16.9 Å². The smallest absolute Gasteiger partial charge is 0.356 e. The second-order valence-electron chi connectivity index (χ2n) is 8.07. The first-order valence-electron chi connectivity index (χ1n) is 11.5. The number of aryl methyl sites for hydroxylation is 1. The molecule has 0 unspecified atom stereocenters. The molecule has 2 amide bonds. The average molecular weight is 525 g/mol. The fourth-order valence-electron chi connectivity index (χ4n) is 3.56. The number of carbonyl (C=O) groups excluding carboxylic acids is 2. The van der Waals surface area contributed by atoms with E-state index in [4.69, 9.17) is 0 Å². The normalized spacial score (nSPS) is 11.3. The van der Waals surface area contributed by atoms with Crippen molar-refractivity contribution in [2.24, 2.45) is 0 Å². The molecule has 0 aliphatic carbocycles. The molecule has 0 fully saturated rings. The van der Waals surface area contributed by atoms with Gasteiger partial charge in [0.25, 0.3) is 11.5 Å². The van der Waals surface area contributed by atoms with Crippen LogP contribution in [0.4, 0.5) is 19.0 Å². The molecule has 10 nitrogen and oxygen atoms in total. The molecule has 0 aromatic carbocycles. The Kier molecular flexibility index (Phi) is 7.65. The molecule has 4 heterocycles. The third-order valence-electron chi connectivity index (χ3n) is 5.39. The Morgan fingerprint density at radius 1 is 1.08 bits per heavy atom. The highest BCUT2D eigenvalue weighted by molar-refractivity contribution is 6.03. The van der Waals surface area contributed by atoms with Gasteiger partial charge >= 0.3 is 6.18 Å². The number of alkyl halides is 3. The second-order valence-corrected chi connectivity index (χ2v) is 8.07. The van der Waals surface area contributed by atoms with Crippen molar-refractivity contribution in [1.29, 1.82) is 0 Å². The summed E-state index contributed by atoms with van der Waals surface area (Å²) in [5.41, 5.74) is -0.696. The summed E-state index contributed by atoms with van der Waals surface area (Å²) in [7, 11) is 0. The molecule has 0 saturated heterocycles. The van der Waals surface area contributed by atoms with E-state index in [1.807, 2.05) is 0 Å². The van der Waals surface area contributed by atoms with Gasteiger partial charge in [-0.3, -0.25) is 19.4 Å². The van der Waals surface area contributed by atoms with Gasteiger partial charge in [-0.1, -0.05) is 0 Å². The lowest BCUT2D eigenvalue weighted by atomic mass is 10.2. The summed E-state index contributed by atoms with van der Waals surface area (Å²) in [6.45, 7) is 2.33. The van der Waals surface area contributed by atoms with E-state index in [9.17, 15) is 27.6 Å². The average Bonchev–Trinajstić information content (AvgIpc) is 3.36. The van der Waals surface area contributed by atoms with Crippen LogP contribution in [0.2, 0.25) is 0 Å². The molecule has 0 aliphatic heterocycles. The Bertz CT molecular complexity index is 1500. The summed E-state index contributed by atoms with van der Waals surface area (Å²) in [4.78, 5) is 44.4. The molecule has 4 rings (SSSR count). The zero-order chi connectivity index (χ0) is 27.3. The minimum atomic E-state index is -4.68. The van der Waals surface area contributed by atoms with Gasteiger partial charge in [-0.25, -0.2) is 9.67 Å². The number of amides is 2. The summed E-state index contributed by atoms with van der Waals surface area (Å²) in [6.07, 6.45) is 0.774. The van der Waals surface area contributed by atoms with Gasteiger partial charge in [0.1, 0.15) is 11.5 Å². The summed E-state index contributed by atoms with van der Waals surface area (Å²) < 4.78 is 43.1. The van der Waals surface area contributed by atoms with Gasteiger partial charge in [0, 0.05) is 49.7 Å². The molecule has 4 aromatic heterocycles. The van der Waals surface area contributed by atoms with Crippen LogP contribution in [0.25, 0.3) is 16.9 Å². The first-order valence-corrected chi connectivity index (χ1v) is 11.5. The molecule has 0 saturated carbocycles. The molecule has 0 aliphatic rings. The largest absolute Gasteiger partial charge is 0.433 e. The van der Waals surface area contributed by atoms with Crippen LogP contribution in [0.5, 0.6) is 0 Å². The fraction of sp³-hybridized carbons (Fsp3) is 0.200. The lowest BCUT2D eigenvalue weighted by Crippen LogP contribution is -2.27. The molecule has 2 N–H and O–H groups in total. The van der Waals surface area contributed by atoms with Crippen LogP contribution >= 0.6 is 0 Å². The molecule has 196 valence electrons. The molecule has 13 heteroatoms. The van der Waals surface area contributed by atoms with Gasteiger partial charge in [0.05, 0.1) is 23.1 Å². The number of carbonyl (C=O) groups is 2. The number of hydrogen-bond acceptors (Lipinski definition) is 6. The number of anilines is 1. The zero-order valence-electron chi connectivity index (χ0n) is 20.1. The summed E-state index contributed by atoms with van der Waals surface area (Å²) in [6, 6.07) is 9.32. The Morgan fingerprint density at radius 2 is 1.89 bits per heavy atom. The standard InChI is InChI=1S/C25H22F3N7O3/c1-2-30-22(36)9-11-34-15-17(5-8-23(34)37)24(38)32-21-7-6-18(14-31-21)35-20(25(26,27)28)12-19(33-35)16-4-3-10-29-13-16/h3-8,10,12-15H,2,9,11H2,1H3,(H,30,36)(H,31,32,38). The highest BCUT2D eigenvalue weighted by Crippen LogP contribution is 2.33. The lowest BCUT2D eigenvalue weighted by Gasteiger charge is -2.11. The third-order valence-corrected chi connectivity index (χ3v) is 5.39. The predicted octanol–water partition coefficient (Wildman–Crippen LogP) is 3.29. The lowest BCUT2D eigenvalue weighted by molar-refractivity contribution is -0.142. The Labute approximate surface area is 214 Å². The first-order chi connectivity index (χ1) is 18.2. The first kappa shape index (κ1) is 26.3. The number of rotatable bonds is 8. The van der Waals surface area contributed by atoms with Crippen molar-refractivity contribution >= 4 is 17.6 Å². The Balaban J connectivity index is 1.52. The maximum absolute atomic E-state index is 13.7. The van der Waals surface area contributed by atoms with Gasteiger partial charge < -0.3 is 15.2 Å². The van der Waals surface area contributed by atoms with Crippen LogP contribution in [0, 0.1) is 0 Å². The van der Waals surface area contributed by atoms with Crippen LogP contribution in [-0.4, -0.2) is 42.7 Å². The number of nitrogens with zero attached hydrogens (tertiary/aromatic N) is 5. The molecule has 0 atom stereocenters. The van der Waals surface area contributed by atoms with Crippen molar-refractivity contribution in [3.63, 3.8) is 0 Å². The second kappa shape index (κ2) is 11.1. The monoisotopic (exact) mass is 525 g/mol. The fourth-order valence-corrected chi connectivity index (χ4v) is 3.56. The Morgan fingerprint density at radius 3 is 2.55 bits per heavy atom. The van der Waals surface area contributed by atoms with Crippen LogP contribution in [0.15, 0.2) is 72.0 Å². The van der Waals surface area contributed by atoms with Gasteiger partial charge in [0.15, 0.2) is 0 Å². The molecule has 0 spiro atoms. The summed E-state index contributed by atoms with van der Waals surface area (Å²) in [5, 5.41) is 9.25. The minimum Gasteiger partial charge on any atom is -0.356 e. The van der Waals surface area contributed by atoms with E-state index in [1.54, 1.807) is 19.1 Å². The molecular weight excluding hydrogens is 503 g/mol. The predicted molar refractivity (Wildman–Crippen MR) is 132 cm³/mol. The van der Waals surface area contributed by atoms with Crippen LogP contribution in [0.1, 0.15) is 29.4 Å². The van der Waals surface area contributed by atoms with Crippen molar-refractivity contribution < 1.29 is 22.8 Å². The van der Waals surface area contributed by atoms with Crippen molar-refractivity contribution in [3.05, 3.63) is 88.9 Å². The van der Waals surface area contributed by atoms with E-state index < -0.39 is 17.8 Å². The van der Waals surface area contributed by atoms with Crippen molar-refractivity contribution in [1.82, 2.24) is 29.6 Å². The maximum atomic E-state index is 13.7. The molecule has 4 aromatic rings. The van der Waals surface area contributed by atoms with E-state index in [2.05, 4.69) is 25.7 Å². The Hall–Kier alpha value is -4.81. The van der Waals surface area contributed by atoms with E-state index in [-0.39, 0.29) is 47.2 Å². The van der Waals surface area contributed by atoms with Gasteiger partial charge in [-0.15, -0.1) is 0 Å². The van der Waals surface area contributed by atoms with Crippen LogP contribution in [-0.2, 0) is 17.5 Å². The highest BCUT2D eigenvalue weighted by atomic mass is 19.4. The van der Waals surface area contributed by atoms with Crippen LogP contribution in [0.3, 0.4) is 0 Å². The summed E-state index contributed by atoms with van der Waals surface area (Å²) >= 11 is 0. The van der Waals surface area contributed by atoms with Crippen LogP contribution < -0.4 is 16.2 Å². The van der Waals surface area contributed by atoms with Crippen molar-refractivity contribution in [3.8, 4) is 16.9 Å². The topological polar surface area (TPSA) is 124 Å². The zero-order valence-corrected chi connectivity index (χ0v) is 20.1. The number of hydrogen-bond donors (Lipinski definition) is 2. The molecular formula is C25H22F3N7O3. The number of nitrogens with one attached hydrogen (secondary N) is 2. The molecule has 0 bridgehead atoms. The third kappa shape index (κ3) is 6.11. The van der Waals surface area contributed by atoms with E-state index >= 15 is 0 Å². The maximum Gasteiger partial charge on any atom is 0.433 e. The van der Waals surface area contributed by atoms with E-state index in [1.165, 1.54) is 47.4 Å². The molecule has 0 radical (unpaired) electrons.